The topological polar surface area (TPSA) is 81.7 Å². The number of nitrogens with one attached hydrogen (secondary N) is 2. The maximum absolute atomic E-state index is 12.4. The molecule has 0 spiro atoms. The number of nitrogens with zero attached hydrogens (tertiary/aromatic N) is 1. The van der Waals surface area contributed by atoms with Crippen LogP contribution in [0.4, 0.5) is 4.79 Å². The van der Waals surface area contributed by atoms with Crippen LogP contribution < -0.4 is 10.6 Å². The Morgan fingerprint density at radius 3 is 2.54 bits per heavy atom. The van der Waals surface area contributed by atoms with E-state index in [0.717, 1.165) is 38.6 Å². The molecule has 2 fully saturated rings. The summed E-state index contributed by atoms with van der Waals surface area (Å²) in [6.07, 6.45) is 4.91. The van der Waals surface area contributed by atoms with Crippen molar-refractivity contribution in [2.24, 2.45) is 0 Å². The molecule has 2 saturated carbocycles. The molecule has 142 valence electrons. The highest BCUT2D eigenvalue weighted by Gasteiger charge is 2.36. The Hall–Kier alpha value is -2.08. The van der Waals surface area contributed by atoms with Crippen molar-refractivity contribution in [1.29, 1.82) is 0 Å². The Morgan fingerprint density at radius 2 is 1.88 bits per heavy atom. The van der Waals surface area contributed by atoms with E-state index in [-0.39, 0.29) is 30.7 Å². The fourth-order valence-corrected chi connectivity index (χ4v) is 4.30. The number of benzene rings is 1. The normalized spacial score (nSPS) is 27.8. The molecule has 1 aromatic carbocycles. The summed E-state index contributed by atoms with van der Waals surface area (Å²) in [5.41, 5.74) is 1.30. The second-order valence-corrected chi connectivity index (χ2v) is 7.45. The second kappa shape index (κ2) is 8.54. The van der Waals surface area contributed by atoms with E-state index in [1.54, 1.807) is 0 Å². The van der Waals surface area contributed by atoms with Crippen LogP contribution in [0.3, 0.4) is 0 Å². The van der Waals surface area contributed by atoms with Crippen molar-refractivity contribution in [3.05, 3.63) is 35.9 Å². The van der Waals surface area contributed by atoms with Crippen LogP contribution in [0.15, 0.2) is 30.3 Å². The summed E-state index contributed by atoms with van der Waals surface area (Å²) in [5, 5.41) is 15.2. The zero-order valence-electron chi connectivity index (χ0n) is 15.4. The van der Waals surface area contributed by atoms with Gasteiger partial charge in [0.15, 0.2) is 0 Å². The van der Waals surface area contributed by atoms with Gasteiger partial charge in [-0.05, 0) is 37.8 Å². The van der Waals surface area contributed by atoms with Crippen LogP contribution in [-0.2, 0) is 4.79 Å². The van der Waals surface area contributed by atoms with E-state index in [0.29, 0.717) is 5.92 Å². The summed E-state index contributed by atoms with van der Waals surface area (Å²) in [7, 11) is 0. The number of urea groups is 1. The first-order valence-corrected chi connectivity index (χ1v) is 9.64. The molecule has 2 amide bonds. The third kappa shape index (κ3) is 4.55. The monoisotopic (exact) mass is 359 g/mol. The van der Waals surface area contributed by atoms with Gasteiger partial charge in [-0.3, -0.25) is 9.69 Å². The second-order valence-electron chi connectivity index (χ2n) is 7.45. The lowest BCUT2D eigenvalue weighted by atomic mass is 9.85. The largest absolute Gasteiger partial charge is 0.480 e. The number of hydrogen-bond donors (Lipinski definition) is 3. The fourth-order valence-electron chi connectivity index (χ4n) is 4.30. The summed E-state index contributed by atoms with van der Waals surface area (Å²) in [5.74, 6) is -0.406. The van der Waals surface area contributed by atoms with Gasteiger partial charge in [0.1, 0.15) is 0 Å². The van der Waals surface area contributed by atoms with Gasteiger partial charge in [-0.25, -0.2) is 4.79 Å². The van der Waals surface area contributed by atoms with E-state index < -0.39 is 5.97 Å². The molecule has 2 aliphatic rings. The van der Waals surface area contributed by atoms with Gasteiger partial charge in [-0.2, -0.15) is 0 Å². The molecule has 0 aromatic heterocycles. The minimum absolute atomic E-state index is 0.0704. The lowest BCUT2D eigenvalue weighted by Gasteiger charge is -2.42. The van der Waals surface area contributed by atoms with Crippen LogP contribution >= 0.6 is 0 Å². The van der Waals surface area contributed by atoms with Crippen LogP contribution in [0.1, 0.15) is 50.5 Å². The van der Waals surface area contributed by atoms with Gasteiger partial charge in [0, 0.05) is 24.0 Å². The predicted octanol–water partition coefficient (Wildman–Crippen LogP) is 2.56. The van der Waals surface area contributed by atoms with E-state index in [1.807, 2.05) is 17.9 Å². The molecular weight excluding hydrogens is 330 g/mol. The molecule has 2 atom stereocenters. The number of amides is 2. The first-order valence-electron chi connectivity index (χ1n) is 9.64. The van der Waals surface area contributed by atoms with Crippen LogP contribution in [0.25, 0.3) is 0 Å². The average molecular weight is 359 g/mol. The third-order valence-corrected chi connectivity index (χ3v) is 5.77. The number of rotatable bonds is 7. The molecule has 0 aliphatic heterocycles. The highest BCUT2D eigenvalue weighted by atomic mass is 16.4. The van der Waals surface area contributed by atoms with Crippen molar-refractivity contribution < 1.29 is 14.7 Å². The highest BCUT2D eigenvalue weighted by molar-refractivity contribution is 5.75. The predicted molar refractivity (Wildman–Crippen MR) is 100 cm³/mol. The minimum atomic E-state index is -0.797. The highest BCUT2D eigenvalue weighted by Crippen LogP contribution is 2.34. The number of carboxylic acids is 1. The summed E-state index contributed by atoms with van der Waals surface area (Å²) >= 11 is 0. The molecule has 0 radical (unpaired) electrons. The van der Waals surface area contributed by atoms with Gasteiger partial charge >= 0.3 is 12.0 Å². The number of aliphatic carboxylic acids is 1. The van der Waals surface area contributed by atoms with Crippen LogP contribution in [-0.4, -0.2) is 53.2 Å². The molecule has 0 heterocycles. The molecule has 6 heteroatoms. The Balaban J connectivity index is 1.44. The zero-order valence-corrected chi connectivity index (χ0v) is 15.4. The van der Waals surface area contributed by atoms with Crippen LogP contribution in [0.2, 0.25) is 0 Å². The van der Waals surface area contributed by atoms with Crippen molar-refractivity contribution in [3.63, 3.8) is 0 Å². The van der Waals surface area contributed by atoms with Crippen LogP contribution in [0.5, 0.6) is 0 Å². The molecule has 1 aromatic rings. The van der Waals surface area contributed by atoms with Crippen LogP contribution in [0, 0.1) is 0 Å². The van der Waals surface area contributed by atoms with Gasteiger partial charge in [0.25, 0.3) is 0 Å². The molecule has 2 unspecified atom stereocenters. The standard InChI is InChI=1S/C20H29N3O3/c1-2-23(13-19(24)25)16-11-15(12-16)21-20(26)22-18-10-6-9-17(18)14-7-4-3-5-8-14/h3-5,7-8,15-18H,2,6,9-13H2,1H3,(H,24,25)(H2,21,22,26). The summed E-state index contributed by atoms with van der Waals surface area (Å²) in [4.78, 5) is 25.2. The number of likely N-dealkylation sites (N-methyl/N-ethyl adjacent to an activating group) is 1. The molecule has 0 bridgehead atoms. The lowest BCUT2D eigenvalue weighted by molar-refractivity contribution is -0.139. The molecule has 2 aliphatic carbocycles. The molecule has 0 saturated heterocycles. The average Bonchev–Trinajstić information content (AvgIpc) is 3.04. The summed E-state index contributed by atoms with van der Waals surface area (Å²) in [6.45, 7) is 2.76. The SMILES string of the molecule is CCN(CC(=O)O)C1CC(NC(=O)NC2CCCC2c2ccccc2)C1. The first-order chi connectivity index (χ1) is 12.6. The van der Waals surface area contributed by atoms with Crippen molar-refractivity contribution in [3.8, 4) is 0 Å². The summed E-state index contributed by atoms with van der Waals surface area (Å²) < 4.78 is 0. The smallest absolute Gasteiger partial charge is 0.317 e. The Kier molecular flexibility index (Phi) is 6.14. The zero-order chi connectivity index (χ0) is 18.5. The van der Waals surface area contributed by atoms with Gasteiger partial charge in [-0.15, -0.1) is 0 Å². The number of hydrogen-bond acceptors (Lipinski definition) is 3. The van der Waals surface area contributed by atoms with E-state index in [2.05, 4.69) is 34.9 Å². The quantitative estimate of drug-likeness (QED) is 0.699. The number of carboxylic acid groups (broad SMARTS) is 1. The molecule has 6 nitrogen and oxygen atoms in total. The van der Waals surface area contributed by atoms with E-state index >= 15 is 0 Å². The first kappa shape index (κ1) is 18.7. The lowest BCUT2D eigenvalue weighted by Crippen LogP contribution is -2.57. The van der Waals surface area contributed by atoms with E-state index in [1.165, 1.54) is 5.56 Å². The Bertz CT molecular complexity index is 616. The van der Waals surface area contributed by atoms with Gasteiger partial charge < -0.3 is 15.7 Å². The van der Waals surface area contributed by atoms with Gasteiger partial charge in [-0.1, -0.05) is 43.7 Å². The Morgan fingerprint density at radius 1 is 1.15 bits per heavy atom. The maximum atomic E-state index is 12.4. The molecule has 3 N–H and O–H groups in total. The molecule has 26 heavy (non-hydrogen) atoms. The van der Waals surface area contributed by atoms with Crippen molar-refractivity contribution >= 4 is 12.0 Å². The number of carbonyl (C=O) groups excluding carboxylic acids is 1. The van der Waals surface area contributed by atoms with Crippen molar-refractivity contribution in [2.75, 3.05) is 13.1 Å². The van der Waals surface area contributed by atoms with E-state index in [4.69, 9.17) is 5.11 Å². The third-order valence-electron chi connectivity index (χ3n) is 5.77. The molecular formula is C20H29N3O3. The van der Waals surface area contributed by atoms with Gasteiger partial charge in [0.2, 0.25) is 0 Å². The minimum Gasteiger partial charge on any atom is -0.480 e. The fraction of sp³-hybridized carbons (Fsp3) is 0.600. The molecule has 3 rings (SSSR count). The Labute approximate surface area is 155 Å². The van der Waals surface area contributed by atoms with Gasteiger partial charge in [0.05, 0.1) is 6.54 Å². The summed E-state index contributed by atoms with van der Waals surface area (Å²) in [6, 6.07) is 10.9. The van der Waals surface area contributed by atoms with E-state index in [9.17, 15) is 9.59 Å². The van der Waals surface area contributed by atoms with Crippen molar-refractivity contribution in [2.45, 2.75) is 63.1 Å². The van der Waals surface area contributed by atoms with Crippen molar-refractivity contribution in [1.82, 2.24) is 15.5 Å². The maximum Gasteiger partial charge on any atom is 0.317 e. The number of carbonyl (C=O) groups is 2.